The third kappa shape index (κ3) is 2.17. The Labute approximate surface area is 121 Å². The number of alkyl halides is 3. The van der Waals surface area contributed by atoms with Gasteiger partial charge in [0, 0.05) is 10.8 Å². The van der Waals surface area contributed by atoms with Crippen molar-refractivity contribution in [2.24, 2.45) is 0 Å². The zero-order valence-corrected chi connectivity index (χ0v) is 11.3. The van der Waals surface area contributed by atoms with E-state index in [-0.39, 0.29) is 16.6 Å². The first kappa shape index (κ1) is 14.6. The van der Waals surface area contributed by atoms with Crippen LogP contribution < -0.4 is 4.18 Å². The van der Waals surface area contributed by atoms with Crippen molar-refractivity contribution in [1.82, 2.24) is 0 Å². The maximum Gasteiger partial charge on any atom is 0.534 e. The number of rotatable bonds is 2. The number of benzene rings is 2. The largest absolute Gasteiger partial charge is 0.534 e. The average molecular weight is 334 g/mol. The fourth-order valence-electron chi connectivity index (χ4n) is 1.99. The molecule has 0 spiro atoms. The van der Waals surface area contributed by atoms with Crippen LogP contribution in [0.1, 0.15) is 0 Å². The molecule has 0 N–H and O–H groups in total. The molecular formula is C13H6F4O4S. The van der Waals surface area contributed by atoms with E-state index in [9.17, 15) is 26.0 Å². The topological polar surface area (TPSA) is 56.5 Å². The smallest absolute Gasteiger partial charge is 0.449 e. The fourth-order valence-corrected chi connectivity index (χ4v) is 2.45. The Balaban J connectivity index is 2.24. The quantitative estimate of drug-likeness (QED) is 0.404. The SMILES string of the molecule is O=S(=O)(Oc1cccc2c1oc1c(F)cccc12)C(F)(F)F. The number of halogens is 4. The van der Waals surface area contributed by atoms with Crippen molar-refractivity contribution in [2.45, 2.75) is 5.51 Å². The number of furan rings is 1. The average Bonchev–Trinajstić information content (AvgIpc) is 2.79. The molecule has 0 aliphatic heterocycles. The number of hydrogen-bond acceptors (Lipinski definition) is 4. The van der Waals surface area contributed by atoms with E-state index in [2.05, 4.69) is 4.18 Å². The van der Waals surface area contributed by atoms with E-state index in [1.807, 2.05) is 0 Å². The van der Waals surface area contributed by atoms with Gasteiger partial charge < -0.3 is 8.60 Å². The predicted octanol–water partition coefficient (Wildman–Crippen LogP) is 3.95. The van der Waals surface area contributed by atoms with Crippen molar-refractivity contribution in [3.05, 3.63) is 42.2 Å². The highest BCUT2D eigenvalue weighted by molar-refractivity contribution is 7.88. The van der Waals surface area contributed by atoms with E-state index in [0.29, 0.717) is 5.39 Å². The molecule has 22 heavy (non-hydrogen) atoms. The van der Waals surface area contributed by atoms with Gasteiger partial charge in [-0.25, -0.2) is 4.39 Å². The summed E-state index contributed by atoms with van der Waals surface area (Å²) in [6.45, 7) is 0. The molecule has 1 heterocycles. The normalized spacial score (nSPS) is 12.9. The van der Waals surface area contributed by atoms with Crippen LogP contribution >= 0.6 is 0 Å². The molecule has 3 aromatic rings. The van der Waals surface area contributed by atoms with E-state index >= 15 is 0 Å². The number of fused-ring (bicyclic) bond motifs is 3. The van der Waals surface area contributed by atoms with Crippen LogP contribution in [0.5, 0.6) is 5.75 Å². The van der Waals surface area contributed by atoms with Gasteiger partial charge in [-0.3, -0.25) is 0 Å². The summed E-state index contributed by atoms with van der Waals surface area (Å²) in [4.78, 5) is 0. The van der Waals surface area contributed by atoms with Crippen LogP contribution in [0.2, 0.25) is 0 Å². The molecule has 0 bridgehead atoms. The first-order valence-electron chi connectivity index (χ1n) is 5.81. The van der Waals surface area contributed by atoms with Gasteiger partial charge in [-0.05, 0) is 12.1 Å². The lowest BCUT2D eigenvalue weighted by Gasteiger charge is -2.09. The monoisotopic (exact) mass is 334 g/mol. The van der Waals surface area contributed by atoms with Gasteiger partial charge in [-0.2, -0.15) is 21.6 Å². The highest BCUT2D eigenvalue weighted by Gasteiger charge is 2.48. The summed E-state index contributed by atoms with van der Waals surface area (Å²) >= 11 is 0. The molecule has 0 aliphatic carbocycles. The molecule has 9 heteroatoms. The van der Waals surface area contributed by atoms with E-state index in [1.165, 1.54) is 24.3 Å². The van der Waals surface area contributed by atoms with Crippen molar-refractivity contribution < 1.29 is 34.6 Å². The molecular weight excluding hydrogens is 328 g/mol. The number of hydrogen-bond donors (Lipinski definition) is 0. The standard InChI is InChI=1S/C13H6F4O4S/c14-9-5-1-3-7-8-4-2-6-10(12(8)20-11(7)9)21-22(18,19)13(15,16)17/h1-6H. The summed E-state index contributed by atoms with van der Waals surface area (Å²) in [5, 5.41) is 0.536. The van der Waals surface area contributed by atoms with Gasteiger partial charge >= 0.3 is 15.6 Å². The minimum Gasteiger partial charge on any atom is -0.449 e. The minimum atomic E-state index is -5.84. The van der Waals surface area contributed by atoms with Gasteiger partial charge in [0.1, 0.15) is 0 Å². The maximum absolute atomic E-state index is 13.7. The molecule has 0 atom stereocenters. The molecule has 0 aliphatic rings. The van der Waals surface area contributed by atoms with E-state index in [4.69, 9.17) is 4.42 Å². The molecule has 3 rings (SSSR count). The highest BCUT2D eigenvalue weighted by atomic mass is 32.2. The second-order valence-electron chi connectivity index (χ2n) is 4.33. The third-order valence-corrected chi connectivity index (χ3v) is 3.89. The molecule has 0 saturated carbocycles. The van der Waals surface area contributed by atoms with Gasteiger partial charge in [0.15, 0.2) is 22.7 Å². The van der Waals surface area contributed by atoms with Crippen LogP contribution in [0.4, 0.5) is 17.6 Å². The van der Waals surface area contributed by atoms with Gasteiger partial charge in [-0.1, -0.05) is 24.3 Å². The Bertz CT molecular complexity index is 973. The zero-order valence-electron chi connectivity index (χ0n) is 10.5. The lowest BCUT2D eigenvalue weighted by Crippen LogP contribution is -2.28. The van der Waals surface area contributed by atoms with Crippen LogP contribution in [0.3, 0.4) is 0 Å². The zero-order chi connectivity index (χ0) is 16.1. The Kier molecular flexibility index (Phi) is 3.06. The van der Waals surface area contributed by atoms with Gasteiger partial charge in [0.05, 0.1) is 0 Å². The van der Waals surface area contributed by atoms with Crippen molar-refractivity contribution in [2.75, 3.05) is 0 Å². The maximum atomic E-state index is 13.7. The van der Waals surface area contributed by atoms with Crippen LogP contribution in [-0.2, 0) is 10.1 Å². The highest BCUT2D eigenvalue weighted by Crippen LogP contribution is 2.37. The molecule has 0 fully saturated rings. The molecule has 4 nitrogen and oxygen atoms in total. The Morgan fingerprint density at radius 1 is 0.955 bits per heavy atom. The third-order valence-electron chi connectivity index (χ3n) is 2.92. The molecule has 0 radical (unpaired) electrons. The summed E-state index contributed by atoms with van der Waals surface area (Å²) in [5.74, 6) is -1.39. The Morgan fingerprint density at radius 2 is 1.55 bits per heavy atom. The number of para-hydroxylation sites is 2. The van der Waals surface area contributed by atoms with Crippen molar-refractivity contribution >= 4 is 32.1 Å². The fraction of sp³-hybridized carbons (Fsp3) is 0.0769. The molecule has 0 unspecified atom stereocenters. The van der Waals surface area contributed by atoms with E-state index in [0.717, 1.165) is 12.1 Å². The molecule has 1 aromatic heterocycles. The summed E-state index contributed by atoms with van der Waals surface area (Å²) in [5.41, 5.74) is -6.06. The van der Waals surface area contributed by atoms with Crippen LogP contribution in [0, 0.1) is 5.82 Å². The summed E-state index contributed by atoms with van der Waals surface area (Å²) < 4.78 is 82.2. The second kappa shape index (κ2) is 4.60. The summed E-state index contributed by atoms with van der Waals surface area (Å²) in [7, 11) is -5.84. The van der Waals surface area contributed by atoms with Crippen LogP contribution in [0.15, 0.2) is 40.8 Å². The van der Waals surface area contributed by atoms with Crippen LogP contribution in [0.25, 0.3) is 21.9 Å². The van der Waals surface area contributed by atoms with E-state index in [1.54, 1.807) is 0 Å². The van der Waals surface area contributed by atoms with Gasteiger partial charge in [0.25, 0.3) is 0 Å². The van der Waals surface area contributed by atoms with Crippen LogP contribution in [-0.4, -0.2) is 13.9 Å². The first-order valence-corrected chi connectivity index (χ1v) is 7.22. The van der Waals surface area contributed by atoms with Crippen molar-refractivity contribution in [3.8, 4) is 5.75 Å². The molecule has 0 amide bonds. The summed E-state index contributed by atoms with van der Waals surface area (Å²) in [6.07, 6.45) is 0. The van der Waals surface area contributed by atoms with Crippen molar-refractivity contribution in [3.63, 3.8) is 0 Å². The predicted molar refractivity (Wildman–Crippen MR) is 69.3 cm³/mol. The second-order valence-corrected chi connectivity index (χ2v) is 5.87. The summed E-state index contributed by atoms with van der Waals surface area (Å²) in [6, 6.07) is 7.72. The Hall–Kier alpha value is -2.29. The van der Waals surface area contributed by atoms with E-state index < -0.39 is 27.2 Å². The lowest BCUT2D eigenvalue weighted by atomic mass is 10.1. The Morgan fingerprint density at radius 3 is 2.18 bits per heavy atom. The van der Waals surface area contributed by atoms with Gasteiger partial charge in [-0.15, -0.1) is 0 Å². The first-order chi connectivity index (χ1) is 10.2. The molecule has 0 saturated heterocycles. The van der Waals surface area contributed by atoms with Crippen molar-refractivity contribution in [1.29, 1.82) is 0 Å². The molecule has 116 valence electrons. The lowest BCUT2D eigenvalue weighted by molar-refractivity contribution is -0.0499. The minimum absolute atomic E-state index is 0.196. The molecule has 2 aromatic carbocycles. The van der Waals surface area contributed by atoms with Gasteiger partial charge in [0.2, 0.25) is 0 Å².